The number of rotatable bonds is 5. The summed E-state index contributed by atoms with van der Waals surface area (Å²) in [4.78, 5) is 16.6. The van der Waals surface area contributed by atoms with Crippen LogP contribution < -0.4 is 5.32 Å². The Morgan fingerprint density at radius 1 is 1.19 bits per heavy atom. The minimum atomic E-state index is -3.65. The third kappa shape index (κ3) is 4.66. The van der Waals surface area contributed by atoms with Gasteiger partial charge in [-0.05, 0) is 43.2 Å². The normalized spacial score (nSPS) is 15.7. The lowest BCUT2D eigenvalue weighted by Crippen LogP contribution is -2.38. The fraction of sp³-hybridized carbons (Fsp3) is 0.368. The van der Waals surface area contributed by atoms with Crippen molar-refractivity contribution in [2.75, 3.05) is 12.4 Å². The molecule has 0 spiro atoms. The summed E-state index contributed by atoms with van der Waals surface area (Å²) in [6.07, 6.45) is 6.41. The van der Waals surface area contributed by atoms with Crippen LogP contribution in [0, 0.1) is 0 Å². The second kappa shape index (κ2) is 8.37. The number of aromatic nitrogens is 1. The van der Waals surface area contributed by atoms with Gasteiger partial charge in [-0.25, -0.2) is 13.4 Å². The maximum atomic E-state index is 13.0. The van der Waals surface area contributed by atoms with E-state index in [-0.39, 0.29) is 16.5 Å². The van der Waals surface area contributed by atoms with Gasteiger partial charge in [0.25, 0.3) is 5.91 Å². The molecule has 0 radical (unpaired) electrons. The molecule has 8 heteroatoms. The van der Waals surface area contributed by atoms with E-state index < -0.39 is 15.9 Å². The summed E-state index contributed by atoms with van der Waals surface area (Å²) < 4.78 is 27.4. The molecule has 3 rings (SSSR count). The fourth-order valence-corrected chi connectivity index (χ4v) is 4.82. The van der Waals surface area contributed by atoms with Crippen LogP contribution in [0.5, 0.6) is 0 Å². The molecule has 1 aliphatic carbocycles. The number of nitrogens with zero attached hydrogens (tertiary/aromatic N) is 2. The molecule has 0 atom stereocenters. The molecule has 1 aromatic heterocycles. The van der Waals surface area contributed by atoms with E-state index in [1.807, 2.05) is 0 Å². The van der Waals surface area contributed by atoms with Crippen molar-refractivity contribution >= 4 is 33.3 Å². The molecular formula is C19H22ClN3O3S. The van der Waals surface area contributed by atoms with E-state index in [0.29, 0.717) is 10.8 Å². The number of sulfonamides is 1. The molecule has 6 nitrogen and oxygen atoms in total. The van der Waals surface area contributed by atoms with E-state index in [1.165, 1.54) is 22.6 Å². The van der Waals surface area contributed by atoms with Crippen LogP contribution >= 0.6 is 11.6 Å². The van der Waals surface area contributed by atoms with E-state index in [2.05, 4.69) is 10.3 Å². The van der Waals surface area contributed by atoms with Gasteiger partial charge in [-0.2, -0.15) is 4.31 Å². The molecule has 2 aromatic rings. The highest BCUT2D eigenvalue weighted by molar-refractivity contribution is 7.89. The van der Waals surface area contributed by atoms with Crippen molar-refractivity contribution in [1.82, 2.24) is 9.29 Å². The number of hydrogen-bond acceptors (Lipinski definition) is 4. The van der Waals surface area contributed by atoms with Gasteiger partial charge >= 0.3 is 0 Å². The van der Waals surface area contributed by atoms with Crippen LogP contribution in [0.2, 0.25) is 5.02 Å². The highest BCUT2D eigenvalue weighted by atomic mass is 35.5. The molecule has 1 heterocycles. The number of nitrogens with one attached hydrogen (secondary N) is 1. The Morgan fingerprint density at radius 2 is 1.93 bits per heavy atom. The van der Waals surface area contributed by atoms with Crippen molar-refractivity contribution in [2.24, 2.45) is 0 Å². The Kier molecular flexibility index (Phi) is 6.14. The van der Waals surface area contributed by atoms with Crippen molar-refractivity contribution in [3.05, 3.63) is 53.2 Å². The lowest BCUT2D eigenvalue weighted by Gasteiger charge is -2.30. The first-order valence-electron chi connectivity index (χ1n) is 8.89. The van der Waals surface area contributed by atoms with Gasteiger partial charge < -0.3 is 5.32 Å². The Bertz CT molecular complexity index is 910. The molecule has 1 saturated carbocycles. The van der Waals surface area contributed by atoms with Gasteiger partial charge in [0.1, 0.15) is 5.82 Å². The third-order valence-electron chi connectivity index (χ3n) is 4.83. The molecule has 1 fully saturated rings. The molecule has 0 saturated heterocycles. The number of hydrogen-bond donors (Lipinski definition) is 1. The van der Waals surface area contributed by atoms with Gasteiger partial charge in [-0.15, -0.1) is 0 Å². The molecule has 0 bridgehead atoms. The maximum absolute atomic E-state index is 13.0. The van der Waals surface area contributed by atoms with Crippen LogP contribution in [0.15, 0.2) is 47.5 Å². The number of carbonyl (C=O) groups is 1. The van der Waals surface area contributed by atoms with Crippen LogP contribution in [0.4, 0.5) is 5.82 Å². The zero-order chi connectivity index (χ0) is 19.4. The van der Waals surface area contributed by atoms with Crippen molar-refractivity contribution in [3.63, 3.8) is 0 Å². The van der Waals surface area contributed by atoms with Crippen molar-refractivity contribution in [1.29, 1.82) is 0 Å². The summed E-state index contributed by atoms with van der Waals surface area (Å²) in [5, 5.41) is 3.10. The summed E-state index contributed by atoms with van der Waals surface area (Å²) in [5.74, 6) is -0.0841. The van der Waals surface area contributed by atoms with Crippen molar-refractivity contribution in [3.8, 4) is 0 Å². The van der Waals surface area contributed by atoms with Crippen molar-refractivity contribution in [2.45, 2.75) is 43.0 Å². The molecule has 1 aliphatic rings. The Hall–Kier alpha value is -1.96. The highest BCUT2D eigenvalue weighted by Crippen LogP contribution is 2.26. The minimum Gasteiger partial charge on any atom is -0.307 e. The number of amides is 1. The van der Waals surface area contributed by atoms with Gasteiger partial charge in [0.05, 0.1) is 9.92 Å². The summed E-state index contributed by atoms with van der Waals surface area (Å²) in [7, 11) is -2.03. The summed E-state index contributed by atoms with van der Waals surface area (Å²) in [6.45, 7) is 0. The molecule has 1 amide bonds. The zero-order valence-electron chi connectivity index (χ0n) is 15.1. The van der Waals surface area contributed by atoms with Gasteiger partial charge in [0.2, 0.25) is 10.0 Å². The van der Waals surface area contributed by atoms with Crippen molar-refractivity contribution < 1.29 is 13.2 Å². The van der Waals surface area contributed by atoms with Gasteiger partial charge in [0, 0.05) is 24.8 Å². The average Bonchev–Trinajstić information content (AvgIpc) is 2.70. The molecule has 27 heavy (non-hydrogen) atoms. The maximum Gasteiger partial charge on any atom is 0.256 e. The Labute approximate surface area is 164 Å². The lowest BCUT2D eigenvalue weighted by molar-refractivity contribution is 0.102. The van der Waals surface area contributed by atoms with E-state index in [4.69, 9.17) is 11.6 Å². The lowest BCUT2D eigenvalue weighted by atomic mass is 9.96. The largest absolute Gasteiger partial charge is 0.307 e. The number of pyridine rings is 1. The smallest absolute Gasteiger partial charge is 0.256 e. The first-order valence-corrected chi connectivity index (χ1v) is 10.7. The predicted octanol–water partition coefficient (Wildman–Crippen LogP) is 3.94. The first-order chi connectivity index (χ1) is 12.9. The quantitative estimate of drug-likeness (QED) is 0.814. The molecular weight excluding hydrogens is 386 g/mol. The van der Waals surface area contributed by atoms with E-state index in [1.54, 1.807) is 31.3 Å². The topological polar surface area (TPSA) is 79.4 Å². The average molecular weight is 408 g/mol. The molecule has 144 valence electrons. The summed E-state index contributed by atoms with van der Waals surface area (Å²) in [5.41, 5.74) is 0.255. The van der Waals surface area contributed by atoms with Gasteiger partial charge in [0.15, 0.2) is 0 Å². The molecule has 0 unspecified atom stereocenters. The predicted molar refractivity (Wildman–Crippen MR) is 105 cm³/mol. The standard InChI is InChI=1S/C19H22ClN3O3S/c1-23(16-7-3-2-4-8-16)27(25,26)17-9-5-6-14(12-17)19(24)22-18-11-10-15(20)13-21-18/h5-6,9-13,16H,2-4,7-8H2,1H3,(H,21,22,24). The number of halogens is 1. The fourth-order valence-electron chi connectivity index (χ4n) is 3.24. The highest BCUT2D eigenvalue weighted by Gasteiger charge is 2.29. The van der Waals surface area contributed by atoms with E-state index >= 15 is 0 Å². The molecule has 0 aliphatic heterocycles. The van der Waals surface area contributed by atoms with Crippen LogP contribution in [-0.2, 0) is 10.0 Å². The molecule has 1 N–H and O–H groups in total. The third-order valence-corrected chi connectivity index (χ3v) is 6.96. The number of anilines is 1. The summed E-state index contributed by atoms with van der Waals surface area (Å²) >= 11 is 5.78. The molecule has 1 aromatic carbocycles. The van der Waals surface area contributed by atoms with Crippen LogP contribution in [0.1, 0.15) is 42.5 Å². The van der Waals surface area contributed by atoms with E-state index in [0.717, 1.165) is 32.1 Å². The van der Waals surface area contributed by atoms with Gasteiger partial charge in [-0.3, -0.25) is 4.79 Å². The van der Waals surface area contributed by atoms with E-state index in [9.17, 15) is 13.2 Å². The second-order valence-corrected chi connectivity index (χ2v) is 9.09. The Balaban J connectivity index is 1.79. The monoisotopic (exact) mass is 407 g/mol. The minimum absolute atomic E-state index is 0.0134. The second-order valence-electron chi connectivity index (χ2n) is 6.66. The first kappa shape index (κ1) is 19.8. The van der Waals surface area contributed by atoms with Crippen LogP contribution in [-0.4, -0.2) is 36.7 Å². The Morgan fingerprint density at radius 3 is 2.59 bits per heavy atom. The number of carbonyl (C=O) groups excluding carboxylic acids is 1. The van der Waals surface area contributed by atoms with Crippen LogP contribution in [0.25, 0.3) is 0 Å². The number of benzene rings is 1. The van der Waals surface area contributed by atoms with Gasteiger partial charge in [-0.1, -0.05) is 36.9 Å². The SMILES string of the molecule is CN(C1CCCCC1)S(=O)(=O)c1cccc(C(=O)Nc2ccc(Cl)cn2)c1. The summed E-state index contributed by atoms with van der Waals surface area (Å²) in [6, 6.07) is 9.28. The van der Waals surface area contributed by atoms with Crippen LogP contribution in [0.3, 0.4) is 0 Å². The zero-order valence-corrected chi connectivity index (χ0v) is 16.6.